The topological polar surface area (TPSA) is 101 Å². The Morgan fingerprint density at radius 3 is 2.32 bits per heavy atom. The number of carbonyl (C=O) groups excluding carboxylic acids is 1. The van der Waals surface area contributed by atoms with Gasteiger partial charge in [-0.05, 0) is 18.8 Å². The summed E-state index contributed by atoms with van der Waals surface area (Å²) in [5, 5.41) is 11.1. The van der Waals surface area contributed by atoms with Crippen LogP contribution in [0.4, 0.5) is 0 Å². The molecule has 0 aromatic rings. The Bertz CT molecular complexity index is 425. The van der Waals surface area contributed by atoms with Crippen molar-refractivity contribution in [2.24, 2.45) is 5.92 Å². The highest BCUT2D eigenvalue weighted by molar-refractivity contribution is 7.91. The largest absolute Gasteiger partial charge is 0.480 e. The highest BCUT2D eigenvalue weighted by Gasteiger charge is 2.28. The number of sulfone groups is 1. The van der Waals surface area contributed by atoms with Crippen LogP contribution in [0, 0.1) is 5.92 Å². The molecule has 1 saturated carbocycles. The number of carboxylic acid groups (broad SMARTS) is 1. The van der Waals surface area contributed by atoms with E-state index in [0.717, 1.165) is 32.1 Å². The summed E-state index contributed by atoms with van der Waals surface area (Å²) in [6.07, 6.45) is 4.98. The maximum Gasteiger partial charge on any atom is 0.327 e. The van der Waals surface area contributed by atoms with Crippen molar-refractivity contribution >= 4 is 21.7 Å². The fourth-order valence-electron chi connectivity index (χ4n) is 2.45. The molecule has 0 saturated heterocycles. The molecule has 0 aromatic carbocycles. The Balaban J connectivity index is 2.59. The van der Waals surface area contributed by atoms with E-state index in [4.69, 9.17) is 5.11 Å². The molecule has 1 aliphatic carbocycles. The second-order valence-corrected chi connectivity index (χ2v) is 7.33. The molecule has 0 radical (unpaired) electrons. The van der Waals surface area contributed by atoms with Crippen LogP contribution < -0.4 is 5.32 Å². The van der Waals surface area contributed by atoms with Crippen molar-refractivity contribution in [2.75, 3.05) is 11.5 Å². The number of amides is 1. The molecule has 7 heteroatoms. The van der Waals surface area contributed by atoms with E-state index in [-0.39, 0.29) is 11.7 Å². The highest BCUT2D eigenvalue weighted by Crippen LogP contribution is 2.25. The third kappa shape index (κ3) is 6.04. The average Bonchev–Trinajstić information content (AvgIpc) is 2.27. The minimum Gasteiger partial charge on any atom is -0.480 e. The van der Waals surface area contributed by atoms with E-state index < -0.39 is 33.5 Å². The lowest BCUT2D eigenvalue weighted by atomic mass is 9.91. The van der Waals surface area contributed by atoms with E-state index in [0.29, 0.717) is 0 Å². The summed E-state index contributed by atoms with van der Waals surface area (Å²) in [4.78, 5) is 21.8. The second-order valence-electron chi connectivity index (χ2n) is 5.17. The molecule has 0 aliphatic heterocycles. The lowest BCUT2D eigenvalue weighted by molar-refractivity contribution is -0.140. The van der Waals surface area contributed by atoms with Crippen LogP contribution in [0.3, 0.4) is 0 Å². The summed E-state index contributed by atoms with van der Waals surface area (Å²) in [7, 11) is -3.47. The van der Waals surface area contributed by atoms with Crippen LogP contribution in [-0.4, -0.2) is 42.9 Å². The number of carbonyl (C=O) groups is 2. The van der Waals surface area contributed by atoms with Gasteiger partial charge in [-0.1, -0.05) is 19.3 Å². The Labute approximate surface area is 113 Å². The Morgan fingerprint density at radius 2 is 1.84 bits per heavy atom. The van der Waals surface area contributed by atoms with Gasteiger partial charge >= 0.3 is 5.97 Å². The fourth-order valence-corrected chi connectivity index (χ4v) is 4.38. The third-order valence-electron chi connectivity index (χ3n) is 3.31. The molecule has 1 rings (SSSR count). The number of hydrogen-bond acceptors (Lipinski definition) is 4. The molecule has 110 valence electrons. The maximum absolute atomic E-state index is 12.0. The quantitative estimate of drug-likeness (QED) is 0.745. The standard InChI is InChI=1S/C12H21NO5S/c1-9(14)13-11(12(15)16)8-19(17,18)7-10-5-3-2-4-6-10/h10-11H,2-8H2,1H3,(H,13,14)(H,15,16)/t11-/m0/s1. The van der Waals surface area contributed by atoms with Gasteiger partial charge in [0.05, 0.1) is 11.5 Å². The molecule has 0 bridgehead atoms. The molecule has 0 unspecified atom stereocenters. The van der Waals surface area contributed by atoms with E-state index in [1.165, 1.54) is 6.92 Å². The molecule has 1 atom stereocenters. The minimum atomic E-state index is -3.47. The van der Waals surface area contributed by atoms with Crippen LogP contribution >= 0.6 is 0 Å². The Kier molecular flexibility index (Phi) is 5.78. The Hall–Kier alpha value is -1.11. The van der Waals surface area contributed by atoms with Gasteiger partial charge in [0.15, 0.2) is 9.84 Å². The average molecular weight is 291 g/mol. The molecular formula is C12H21NO5S. The zero-order valence-electron chi connectivity index (χ0n) is 11.1. The summed E-state index contributed by atoms with van der Waals surface area (Å²) in [5.74, 6) is -2.23. The van der Waals surface area contributed by atoms with Crippen molar-refractivity contribution < 1.29 is 23.1 Å². The van der Waals surface area contributed by atoms with Crippen molar-refractivity contribution in [3.63, 3.8) is 0 Å². The van der Waals surface area contributed by atoms with Crippen molar-refractivity contribution in [3.05, 3.63) is 0 Å². The van der Waals surface area contributed by atoms with Gasteiger partial charge in [-0.3, -0.25) is 4.79 Å². The fraction of sp³-hybridized carbons (Fsp3) is 0.833. The molecule has 0 spiro atoms. The molecule has 1 aliphatic rings. The molecule has 19 heavy (non-hydrogen) atoms. The van der Waals surface area contributed by atoms with Crippen LogP contribution in [0.25, 0.3) is 0 Å². The minimum absolute atomic E-state index is 0.0242. The van der Waals surface area contributed by atoms with E-state index in [1.54, 1.807) is 0 Å². The smallest absolute Gasteiger partial charge is 0.327 e. The number of carboxylic acids is 1. The molecule has 0 heterocycles. The van der Waals surface area contributed by atoms with Gasteiger partial charge in [0.25, 0.3) is 0 Å². The van der Waals surface area contributed by atoms with Crippen molar-refractivity contribution in [1.82, 2.24) is 5.32 Å². The monoisotopic (exact) mass is 291 g/mol. The third-order valence-corrected chi connectivity index (χ3v) is 5.13. The number of aliphatic carboxylic acids is 1. The first-order valence-electron chi connectivity index (χ1n) is 6.50. The molecule has 1 amide bonds. The van der Waals surface area contributed by atoms with E-state index in [9.17, 15) is 18.0 Å². The summed E-state index contributed by atoms with van der Waals surface area (Å²) in [6.45, 7) is 1.17. The van der Waals surface area contributed by atoms with Gasteiger partial charge in [0.1, 0.15) is 6.04 Å². The lowest BCUT2D eigenvalue weighted by Gasteiger charge is -2.22. The van der Waals surface area contributed by atoms with Gasteiger partial charge in [0, 0.05) is 6.92 Å². The number of hydrogen-bond donors (Lipinski definition) is 2. The zero-order valence-corrected chi connectivity index (χ0v) is 11.9. The van der Waals surface area contributed by atoms with E-state index in [1.807, 2.05) is 0 Å². The summed E-state index contributed by atoms with van der Waals surface area (Å²) in [6, 6.07) is -1.36. The number of nitrogens with one attached hydrogen (secondary N) is 1. The zero-order chi connectivity index (χ0) is 14.5. The van der Waals surface area contributed by atoms with Crippen molar-refractivity contribution in [1.29, 1.82) is 0 Å². The first-order valence-corrected chi connectivity index (χ1v) is 8.32. The first kappa shape index (κ1) is 15.9. The van der Waals surface area contributed by atoms with E-state index in [2.05, 4.69) is 5.32 Å². The predicted molar refractivity (Wildman–Crippen MR) is 70.5 cm³/mol. The van der Waals surface area contributed by atoms with Gasteiger partial charge in [-0.15, -0.1) is 0 Å². The van der Waals surface area contributed by atoms with Crippen molar-refractivity contribution in [3.8, 4) is 0 Å². The second kappa shape index (κ2) is 6.88. The van der Waals surface area contributed by atoms with Crippen LogP contribution in [0.15, 0.2) is 0 Å². The highest BCUT2D eigenvalue weighted by atomic mass is 32.2. The van der Waals surface area contributed by atoms with Crippen LogP contribution in [-0.2, 0) is 19.4 Å². The number of rotatable bonds is 6. The van der Waals surface area contributed by atoms with E-state index >= 15 is 0 Å². The van der Waals surface area contributed by atoms with Crippen molar-refractivity contribution in [2.45, 2.75) is 45.1 Å². The predicted octanol–water partition coefficient (Wildman–Crippen LogP) is 0.571. The normalized spacial score (nSPS) is 18.8. The van der Waals surface area contributed by atoms with Gasteiger partial charge < -0.3 is 10.4 Å². The van der Waals surface area contributed by atoms with Gasteiger partial charge in [-0.25, -0.2) is 13.2 Å². The first-order chi connectivity index (χ1) is 8.80. The molecule has 2 N–H and O–H groups in total. The summed E-state index contributed by atoms with van der Waals surface area (Å²) >= 11 is 0. The van der Waals surface area contributed by atoms with Gasteiger partial charge in [-0.2, -0.15) is 0 Å². The summed E-state index contributed by atoms with van der Waals surface area (Å²) in [5.41, 5.74) is 0. The SMILES string of the molecule is CC(=O)N[C@@H](CS(=O)(=O)CC1CCCCC1)C(=O)O. The molecule has 6 nitrogen and oxygen atoms in total. The van der Waals surface area contributed by atoms with Crippen LogP contribution in [0.1, 0.15) is 39.0 Å². The lowest BCUT2D eigenvalue weighted by Crippen LogP contribution is -2.45. The molecule has 1 fully saturated rings. The van der Waals surface area contributed by atoms with Crippen LogP contribution in [0.5, 0.6) is 0 Å². The molecular weight excluding hydrogens is 270 g/mol. The molecule has 0 aromatic heterocycles. The summed E-state index contributed by atoms with van der Waals surface area (Å²) < 4.78 is 24.0. The van der Waals surface area contributed by atoms with Crippen LogP contribution in [0.2, 0.25) is 0 Å². The maximum atomic E-state index is 12.0. The Morgan fingerprint density at radius 1 is 1.26 bits per heavy atom. The van der Waals surface area contributed by atoms with Gasteiger partial charge in [0.2, 0.25) is 5.91 Å².